The smallest absolute Gasteiger partial charge is 0.0279 e. The quantitative estimate of drug-likeness (QED) is 0.439. The van der Waals surface area contributed by atoms with Crippen molar-refractivity contribution in [2.45, 2.75) is 84.0 Å². The van der Waals surface area contributed by atoms with Crippen LogP contribution in [0.15, 0.2) is 30.3 Å². The molecule has 2 rings (SSSR count). The van der Waals surface area contributed by atoms with Gasteiger partial charge in [-0.25, -0.2) is 0 Å². The zero-order valence-corrected chi connectivity index (χ0v) is 14.0. The van der Waals surface area contributed by atoms with Crippen molar-refractivity contribution < 1.29 is 0 Å². The highest BCUT2D eigenvalue weighted by Crippen LogP contribution is 2.34. The molecule has 0 radical (unpaired) electrons. The average molecular weight is 287 g/mol. The second-order valence-corrected chi connectivity index (χ2v) is 7.11. The SMILES string of the molecule is CCCCCC1CCC(CCCCc2ccccc2)CC1. The van der Waals surface area contributed by atoms with Crippen LogP contribution >= 0.6 is 0 Å². The maximum Gasteiger partial charge on any atom is -0.0279 e. The summed E-state index contributed by atoms with van der Waals surface area (Å²) >= 11 is 0. The minimum Gasteiger partial charge on any atom is -0.0654 e. The Kier molecular flexibility index (Phi) is 7.92. The van der Waals surface area contributed by atoms with Crippen LogP contribution in [0.1, 0.15) is 83.1 Å². The summed E-state index contributed by atoms with van der Waals surface area (Å²) in [5, 5.41) is 0. The molecule has 0 saturated heterocycles. The third-order valence-electron chi connectivity index (χ3n) is 5.35. The van der Waals surface area contributed by atoms with E-state index in [0.717, 1.165) is 11.8 Å². The van der Waals surface area contributed by atoms with Crippen LogP contribution in [0.5, 0.6) is 0 Å². The maximum atomic E-state index is 2.31. The summed E-state index contributed by atoms with van der Waals surface area (Å²) in [4.78, 5) is 0. The van der Waals surface area contributed by atoms with Crippen molar-refractivity contribution in [1.82, 2.24) is 0 Å². The number of hydrogen-bond donors (Lipinski definition) is 0. The number of hydrogen-bond acceptors (Lipinski definition) is 0. The Morgan fingerprint density at radius 1 is 0.762 bits per heavy atom. The molecule has 0 aliphatic heterocycles. The van der Waals surface area contributed by atoms with Gasteiger partial charge in [0.1, 0.15) is 0 Å². The predicted molar refractivity (Wildman–Crippen MR) is 93.6 cm³/mol. The molecule has 118 valence electrons. The summed E-state index contributed by atoms with van der Waals surface area (Å²) in [6.45, 7) is 2.31. The predicted octanol–water partition coefficient (Wildman–Crippen LogP) is 6.79. The van der Waals surface area contributed by atoms with Crippen molar-refractivity contribution in [3.8, 4) is 0 Å². The molecule has 21 heavy (non-hydrogen) atoms. The molecule has 0 unspecified atom stereocenters. The van der Waals surface area contributed by atoms with Gasteiger partial charge in [0.2, 0.25) is 0 Å². The van der Waals surface area contributed by atoms with Gasteiger partial charge in [-0.2, -0.15) is 0 Å². The summed E-state index contributed by atoms with van der Waals surface area (Å²) in [5.74, 6) is 2.11. The first-order chi connectivity index (χ1) is 10.4. The van der Waals surface area contributed by atoms with Crippen LogP contribution in [0.3, 0.4) is 0 Å². The fourth-order valence-corrected chi connectivity index (χ4v) is 3.90. The molecular weight excluding hydrogens is 252 g/mol. The van der Waals surface area contributed by atoms with Crippen molar-refractivity contribution >= 4 is 0 Å². The summed E-state index contributed by atoms with van der Waals surface area (Å²) in [7, 11) is 0. The molecule has 1 aromatic carbocycles. The van der Waals surface area contributed by atoms with Gasteiger partial charge >= 0.3 is 0 Å². The molecular formula is C21H34. The first kappa shape index (κ1) is 16.6. The van der Waals surface area contributed by atoms with E-state index in [1.165, 1.54) is 82.6 Å². The minimum absolute atomic E-state index is 1.04. The van der Waals surface area contributed by atoms with Gasteiger partial charge in [-0.15, -0.1) is 0 Å². The van der Waals surface area contributed by atoms with E-state index in [-0.39, 0.29) is 0 Å². The van der Waals surface area contributed by atoms with Crippen LogP contribution in [0, 0.1) is 11.8 Å². The number of unbranched alkanes of at least 4 members (excludes halogenated alkanes) is 3. The molecule has 0 atom stereocenters. The molecule has 1 fully saturated rings. The lowest BCUT2D eigenvalue weighted by Crippen LogP contribution is -2.14. The fraction of sp³-hybridized carbons (Fsp3) is 0.714. The molecule has 0 heterocycles. The highest BCUT2D eigenvalue weighted by Gasteiger charge is 2.20. The van der Waals surface area contributed by atoms with Gasteiger partial charge in [-0.1, -0.05) is 101 Å². The number of benzene rings is 1. The van der Waals surface area contributed by atoms with Crippen molar-refractivity contribution in [2.24, 2.45) is 11.8 Å². The monoisotopic (exact) mass is 286 g/mol. The van der Waals surface area contributed by atoms with Gasteiger partial charge < -0.3 is 0 Å². The average Bonchev–Trinajstić information content (AvgIpc) is 2.54. The maximum absolute atomic E-state index is 2.31. The molecule has 0 spiro atoms. The summed E-state index contributed by atoms with van der Waals surface area (Å²) in [6.07, 6.45) is 17.4. The van der Waals surface area contributed by atoms with E-state index in [1.807, 2.05) is 0 Å². The molecule has 1 aliphatic carbocycles. The molecule has 0 nitrogen and oxygen atoms in total. The van der Waals surface area contributed by atoms with Gasteiger partial charge in [-0.3, -0.25) is 0 Å². The standard InChI is InChI=1S/C21H34/c1-2-3-5-10-20-15-17-21(18-16-20)14-9-8-13-19-11-6-4-7-12-19/h4,6-7,11-12,20-21H,2-3,5,8-10,13-18H2,1H3. The summed E-state index contributed by atoms with van der Waals surface area (Å²) in [6, 6.07) is 11.0. The molecule has 1 saturated carbocycles. The Labute approximate surface area is 132 Å². The molecule has 0 bridgehead atoms. The zero-order chi connectivity index (χ0) is 14.8. The Bertz CT molecular complexity index is 346. The Balaban J connectivity index is 1.51. The highest BCUT2D eigenvalue weighted by atomic mass is 14.3. The first-order valence-electron chi connectivity index (χ1n) is 9.42. The normalized spacial score (nSPS) is 22.3. The first-order valence-corrected chi connectivity index (χ1v) is 9.42. The fourth-order valence-electron chi connectivity index (χ4n) is 3.90. The van der Waals surface area contributed by atoms with Crippen molar-refractivity contribution in [3.63, 3.8) is 0 Å². The molecule has 0 N–H and O–H groups in total. The van der Waals surface area contributed by atoms with Crippen LogP contribution in [0.4, 0.5) is 0 Å². The van der Waals surface area contributed by atoms with E-state index >= 15 is 0 Å². The third kappa shape index (κ3) is 6.68. The van der Waals surface area contributed by atoms with Crippen molar-refractivity contribution in [2.75, 3.05) is 0 Å². The van der Waals surface area contributed by atoms with Crippen LogP contribution in [-0.4, -0.2) is 0 Å². The van der Waals surface area contributed by atoms with E-state index in [2.05, 4.69) is 37.3 Å². The zero-order valence-electron chi connectivity index (χ0n) is 14.0. The van der Waals surface area contributed by atoms with E-state index in [4.69, 9.17) is 0 Å². The summed E-state index contributed by atoms with van der Waals surface area (Å²) in [5.41, 5.74) is 1.51. The highest BCUT2D eigenvalue weighted by molar-refractivity contribution is 5.14. The van der Waals surface area contributed by atoms with Gasteiger partial charge in [0, 0.05) is 0 Å². The van der Waals surface area contributed by atoms with E-state index in [9.17, 15) is 0 Å². The molecule has 0 aromatic heterocycles. The molecule has 0 amide bonds. The van der Waals surface area contributed by atoms with E-state index < -0.39 is 0 Å². The minimum atomic E-state index is 1.04. The van der Waals surface area contributed by atoms with Crippen molar-refractivity contribution in [3.05, 3.63) is 35.9 Å². The lowest BCUT2D eigenvalue weighted by atomic mass is 9.78. The second kappa shape index (κ2) is 10.0. The Morgan fingerprint density at radius 3 is 1.90 bits per heavy atom. The van der Waals surface area contributed by atoms with Gasteiger partial charge in [-0.05, 0) is 30.2 Å². The van der Waals surface area contributed by atoms with E-state index in [1.54, 1.807) is 0 Å². The number of rotatable bonds is 9. The van der Waals surface area contributed by atoms with E-state index in [0.29, 0.717) is 0 Å². The lowest BCUT2D eigenvalue weighted by Gasteiger charge is -2.28. The topological polar surface area (TPSA) is 0 Å². The van der Waals surface area contributed by atoms with Gasteiger partial charge in [0.15, 0.2) is 0 Å². The van der Waals surface area contributed by atoms with Crippen LogP contribution in [0.25, 0.3) is 0 Å². The Hall–Kier alpha value is -0.780. The molecule has 1 aliphatic rings. The molecule has 0 heteroatoms. The summed E-state index contributed by atoms with van der Waals surface area (Å²) < 4.78 is 0. The second-order valence-electron chi connectivity index (χ2n) is 7.11. The van der Waals surface area contributed by atoms with Crippen LogP contribution in [0.2, 0.25) is 0 Å². The van der Waals surface area contributed by atoms with Gasteiger partial charge in [0.25, 0.3) is 0 Å². The van der Waals surface area contributed by atoms with Gasteiger partial charge in [0.05, 0.1) is 0 Å². The van der Waals surface area contributed by atoms with Crippen molar-refractivity contribution in [1.29, 1.82) is 0 Å². The largest absolute Gasteiger partial charge is 0.0654 e. The molecule has 1 aromatic rings. The Morgan fingerprint density at radius 2 is 1.33 bits per heavy atom. The lowest BCUT2D eigenvalue weighted by molar-refractivity contribution is 0.245. The number of aryl methyl sites for hydroxylation is 1. The third-order valence-corrected chi connectivity index (χ3v) is 5.35. The van der Waals surface area contributed by atoms with Crippen LogP contribution < -0.4 is 0 Å². The van der Waals surface area contributed by atoms with Crippen LogP contribution in [-0.2, 0) is 6.42 Å².